The smallest absolute Gasteiger partial charge is 0.228 e. The van der Waals surface area contributed by atoms with Crippen LogP contribution in [0.5, 0.6) is 0 Å². The van der Waals surface area contributed by atoms with Crippen LogP contribution in [0.4, 0.5) is 0 Å². The van der Waals surface area contributed by atoms with E-state index >= 15 is 0 Å². The third kappa shape index (κ3) is 3.63. The fourth-order valence-electron chi connectivity index (χ4n) is 3.49. The number of hydrogen-bond acceptors (Lipinski definition) is 2. The van der Waals surface area contributed by atoms with E-state index in [1.54, 1.807) is 0 Å². The van der Waals surface area contributed by atoms with Crippen molar-refractivity contribution in [3.8, 4) is 0 Å². The summed E-state index contributed by atoms with van der Waals surface area (Å²) >= 11 is 0. The van der Waals surface area contributed by atoms with Crippen LogP contribution in [0.2, 0.25) is 0 Å². The van der Waals surface area contributed by atoms with Crippen molar-refractivity contribution in [1.29, 1.82) is 0 Å². The summed E-state index contributed by atoms with van der Waals surface area (Å²) in [6.45, 7) is 7.62. The van der Waals surface area contributed by atoms with E-state index < -0.39 is 0 Å². The highest BCUT2D eigenvalue weighted by Gasteiger charge is 2.43. The molecule has 0 aromatic heterocycles. The standard InChI is InChI=1S/C20H28N2O2/c1-14(2)15(3)22(18-9-10-18)20(24)17-11-19(23)21(13-17)12-16-7-5-4-6-8-16/h4-8,14-15,17-18H,9-13H2,1-3H3. The van der Waals surface area contributed by atoms with Crippen molar-refractivity contribution in [1.82, 2.24) is 9.80 Å². The molecule has 0 radical (unpaired) electrons. The number of likely N-dealkylation sites (tertiary alicyclic amines) is 1. The normalized spacial score (nSPS) is 22.1. The van der Waals surface area contributed by atoms with Crippen LogP contribution >= 0.6 is 0 Å². The Morgan fingerprint density at radius 3 is 2.46 bits per heavy atom. The first-order valence-electron chi connectivity index (χ1n) is 9.11. The van der Waals surface area contributed by atoms with E-state index in [9.17, 15) is 9.59 Å². The summed E-state index contributed by atoms with van der Waals surface area (Å²) in [4.78, 5) is 29.3. The molecule has 1 aliphatic carbocycles. The summed E-state index contributed by atoms with van der Waals surface area (Å²) in [6, 6.07) is 10.6. The Morgan fingerprint density at radius 1 is 1.21 bits per heavy atom. The maximum atomic E-state index is 13.1. The molecule has 2 amide bonds. The minimum Gasteiger partial charge on any atom is -0.338 e. The SMILES string of the molecule is CC(C)C(C)N(C(=O)C1CC(=O)N(Cc2ccccc2)C1)C1CC1. The van der Waals surface area contributed by atoms with Gasteiger partial charge in [-0.2, -0.15) is 0 Å². The number of carbonyl (C=O) groups excluding carboxylic acids is 2. The van der Waals surface area contributed by atoms with Gasteiger partial charge in [-0.3, -0.25) is 9.59 Å². The molecule has 4 nitrogen and oxygen atoms in total. The summed E-state index contributed by atoms with van der Waals surface area (Å²) in [7, 11) is 0. The number of hydrogen-bond donors (Lipinski definition) is 0. The first-order chi connectivity index (χ1) is 11.5. The van der Waals surface area contributed by atoms with E-state index in [1.165, 1.54) is 0 Å². The summed E-state index contributed by atoms with van der Waals surface area (Å²) < 4.78 is 0. The molecule has 1 aromatic carbocycles. The highest BCUT2D eigenvalue weighted by molar-refractivity contribution is 5.89. The second-order valence-electron chi connectivity index (χ2n) is 7.62. The van der Waals surface area contributed by atoms with Gasteiger partial charge < -0.3 is 9.80 Å². The van der Waals surface area contributed by atoms with Gasteiger partial charge >= 0.3 is 0 Å². The van der Waals surface area contributed by atoms with Crippen LogP contribution in [0, 0.1) is 11.8 Å². The van der Waals surface area contributed by atoms with Crippen LogP contribution in [0.25, 0.3) is 0 Å². The number of nitrogens with zero attached hydrogens (tertiary/aromatic N) is 2. The number of rotatable bonds is 6. The van der Waals surface area contributed by atoms with Gasteiger partial charge in [0.15, 0.2) is 0 Å². The monoisotopic (exact) mass is 328 g/mol. The van der Waals surface area contributed by atoms with E-state index in [2.05, 4.69) is 25.7 Å². The van der Waals surface area contributed by atoms with Crippen molar-refractivity contribution >= 4 is 11.8 Å². The molecular weight excluding hydrogens is 300 g/mol. The van der Waals surface area contributed by atoms with Gasteiger partial charge in [0, 0.05) is 31.6 Å². The number of amides is 2. The molecule has 1 saturated carbocycles. The number of carbonyl (C=O) groups is 2. The predicted molar refractivity (Wildman–Crippen MR) is 94.1 cm³/mol. The molecule has 130 valence electrons. The van der Waals surface area contributed by atoms with Crippen molar-refractivity contribution in [3.05, 3.63) is 35.9 Å². The lowest BCUT2D eigenvalue weighted by molar-refractivity contribution is -0.139. The van der Waals surface area contributed by atoms with E-state index in [1.807, 2.05) is 35.2 Å². The molecule has 2 atom stereocenters. The fourth-order valence-corrected chi connectivity index (χ4v) is 3.49. The van der Waals surface area contributed by atoms with E-state index in [4.69, 9.17) is 0 Å². The van der Waals surface area contributed by atoms with Crippen LogP contribution < -0.4 is 0 Å². The summed E-state index contributed by atoms with van der Waals surface area (Å²) in [5.41, 5.74) is 1.12. The third-order valence-corrected chi connectivity index (χ3v) is 5.38. The van der Waals surface area contributed by atoms with Gasteiger partial charge in [0.05, 0.1) is 5.92 Å². The molecule has 4 heteroatoms. The Bertz CT molecular complexity index is 595. The van der Waals surface area contributed by atoms with Gasteiger partial charge in [-0.25, -0.2) is 0 Å². The lowest BCUT2D eigenvalue weighted by Gasteiger charge is -2.34. The Balaban J connectivity index is 1.66. The maximum Gasteiger partial charge on any atom is 0.228 e. The van der Waals surface area contributed by atoms with E-state index in [0.29, 0.717) is 31.5 Å². The summed E-state index contributed by atoms with van der Waals surface area (Å²) in [6.07, 6.45) is 2.58. The van der Waals surface area contributed by atoms with Gasteiger partial charge in [0.2, 0.25) is 11.8 Å². The molecule has 1 heterocycles. The predicted octanol–water partition coefficient (Wildman–Crippen LogP) is 3.07. The maximum absolute atomic E-state index is 13.1. The lowest BCUT2D eigenvalue weighted by Crippen LogP contribution is -2.46. The minimum atomic E-state index is -0.178. The Morgan fingerprint density at radius 2 is 1.88 bits per heavy atom. The zero-order chi connectivity index (χ0) is 17.3. The number of benzene rings is 1. The summed E-state index contributed by atoms with van der Waals surface area (Å²) in [5.74, 6) is 0.544. The van der Waals surface area contributed by atoms with Crippen LogP contribution in [0.3, 0.4) is 0 Å². The van der Waals surface area contributed by atoms with Crippen LogP contribution in [-0.4, -0.2) is 40.2 Å². The van der Waals surface area contributed by atoms with Crippen molar-refractivity contribution in [2.24, 2.45) is 11.8 Å². The lowest BCUT2D eigenvalue weighted by atomic mass is 10.0. The van der Waals surface area contributed by atoms with Gasteiger partial charge in [-0.05, 0) is 31.2 Å². The molecule has 3 rings (SSSR count). The Labute approximate surface area is 144 Å². The first-order valence-corrected chi connectivity index (χ1v) is 9.11. The first kappa shape index (κ1) is 17.0. The molecule has 0 spiro atoms. The summed E-state index contributed by atoms with van der Waals surface area (Å²) in [5, 5.41) is 0. The Hall–Kier alpha value is -1.84. The molecule has 1 saturated heterocycles. The van der Waals surface area contributed by atoms with Gasteiger partial charge in [-0.15, -0.1) is 0 Å². The fraction of sp³-hybridized carbons (Fsp3) is 0.600. The molecule has 0 N–H and O–H groups in total. The average molecular weight is 328 g/mol. The molecule has 2 fully saturated rings. The van der Waals surface area contributed by atoms with Gasteiger partial charge in [0.25, 0.3) is 0 Å². The van der Waals surface area contributed by atoms with Gasteiger partial charge in [-0.1, -0.05) is 44.2 Å². The van der Waals surface area contributed by atoms with Crippen molar-refractivity contribution in [2.75, 3.05) is 6.54 Å². The van der Waals surface area contributed by atoms with E-state index in [0.717, 1.165) is 18.4 Å². The Kier molecular flexibility index (Phi) is 4.93. The third-order valence-electron chi connectivity index (χ3n) is 5.38. The van der Waals surface area contributed by atoms with E-state index in [-0.39, 0.29) is 23.8 Å². The molecule has 2 unspecified atom stereocenters. The van der Waals surface area contributed by atoms with Crippen molar-refractivity contribution < 1.29 is 9.59 Å². The zero-order valence-electron chi connectivity index (χ0n) is 14.9. The highest BCUT2D eigenvalue weighted by Crippen LogP contribution is 2.34. The second kappa shape index (κ2) is 6.96. The zero-order valence-corrected chi connectivity index (χ0v) is 14.9. The highest BCUT2D eigenvalue weighted by atomic mass is 16.2. The molecule has 2 aliphatic rings. The molecule has 1 aromatic rings. The van der Waals surface area contributed by atoms with Crippen molar-refractivity contribution in [2.45, 2.75) is 58.7 Å². The van der Waals surface area contributed by atoms with Crippen molar-refractivity contribution in [3.63, 3.8) is 0 Å². The molecule has 0 bridgehead atoms. The quantitative estimate of drug-likeness (QED) is 0.805. The average Bonchev–Trinajstić information content (AvgIpc) is 3.32. The topological polar surface area (TPSA) is 40.6 Å². The molecule has 24 heavy (non-hydrogen) atoms. The molecule has 1 aliphatic heterocycles. The van der Waals surface area contributed by atoms with Crippen LogP contribution in [0.15, 0.2) is 30.3 Å². The van der Waals surface area contributed by atoms with Crippen LogP contribution in [0.1, 0.15) is 45.6 Å². The largest absolute Gasteiger partial charge is 0.338 e. The minimum absolute atomic E-state index is 0.102. The van der Waals surface area contributed by atoms with Gasteiger partial charge in [0.1, 0.15) is 0 Å². The molecular formula is C20H28N2O2. The second-order valence-corrected chi connectivity index (χ2v) is 7.62. The van der Waals surface area contributed by atoms with Crippen LogP contribution in [-0.2, 0) is 16.1 Å².